The molecule has 0 unspecified atom stereocenters. The van der Waals surface area contributed by atoms with Crippen LogP contribution in [0.15, 0.2) is 23.8 Å². The quantitative estimate of drug-likeness (QED) is 0.603. The maximum atomic E-state index is 9.78. The van der Waals surface area contributed by atoms with Crippen LogP contribution in [0.2, 0.25) is 0 Å². The first-order chi connectivity index (χ1) is 7.93. The zero-order valence-corrected chi connectivity index (χ0v) is 11.2. The Morgan fingerprint density at radius 2 is 2.29 bits per heavy atom. The Labute approximate surface area is 104 Å². The number of rotatable bonds is 3. The lowest BCUT2D eigenvalue weighted by Crippen LogP contribution is -2.32. The highest BCUT2D eigenvalue weighted by molar-refractivity contribution is 5.20. The van der Waals surface area contributed by atoms with E-state index in [1.54, 1.807) is 0 Å². The zero-order chi connectivity index (χ0) is 12.6. The molecule has 2 heteroatoms. The number of ether oxygens (including phenoxy) is 1. The van der Waals surface area contributed by atoms with Crippen LogP contribution >= 0.6 is 0 Å². The number of aliphatic hydroxyl groups excluding tert-OH is 1. The Hall–Kier alpha value is -0.600. The van der Waals surface area contributed by atoms with Crippen molar-refractivity contribution < 1.29 is 9.84 Å². The number of allylic oxidation sites excluding steroid dienone is 1. The average Bonchev–Trinajstić information content (AvgIpc) is 2.92. The van der Waals surface area contributed by atoms with Crippen LogP contribution in [0.1, 0.15) is 46.5 Å². The number of hydrogen-bond donors (Lipinski definition) is 1. The van der Waals surface area contributed by atoms with Crippen LogP contribution in [-0.2, 0) is 4.74 Å². The fourth-order valence-electron chi connectivity index (χ4n) is 2.93. The van der Waals surface area contributed by atoms with E-state index in [2.05, 4.69) is 33.4 Å². The van der Waals surface area contributed by atoms with Gasteiger partial charge in [0.2, 0.25) is 0 Å². The second kappa shape index (κ2) is 4.58. The maximum absolute atomic E-state index is 9.78. The fourth-order valence-corrected chi connectivity index (χ4v) is 2.93. The molecule has 2 rings (SSSR count). The molecule has 0 amide bonds. The van der Waals surface area contributed by atoms with Crippen molar-refractivity contribution in [1.82, 2.24) is 0 Å². The molecule has 1 saturated heterocycles. The van der Waals surface area contributed by atoms with Gasteiger partial charge in [-0.3, -0.25) is 0 Å². The smallest absolute Gasteiger partial charge is 0.0989 e. The summed E-state index contributed by atoms with van der Waals surface area (Å²) in [4.78, 5) is 0. The Morgan fingerprint density at radius 3 is 2.94 bits per heavy atom. The van der Waals surface area contributed by atoms with Gasteiger partial charge in [-0.05, 0) is 46.5 Å². The number of aliphatic hydroxyl groups is 1. The summed E-state index contributed by atoms with van der Waals surface area (Å²) in [5, 5.41) is 9.78. The normalized spacial score (nSPS) is 41.2. The van der Waals surface area contributed by atoms with Gasteiger partial charge in [0.15, 0.2) is 0 Å². The van der Waals surface area contributed by atoms with Crippen molar-refractivity contribution >= 4 is 0 Å². The van der Waals surface area contributed by atoms with Gasteiger partial charge >= 0.3 is 0 Å². The summed E-state index contributed by atoms with van der Waals surface area (Å²) >= 11 is 0. The van der Waals surface area contributed by atoms with Crippen LogP contribution in [0, 0.1) is 5.92 Å². The molecule has 1 aliphatic carbocycles. The molecule has 4 atom stereocenters. The average molecular weight is 236 g/mol. The molecule has 0 aromatic carbocycles. The summed E-state index contributed by atoms with van der Waals surface area (Å²) in [6.45, 7) is 10.6. The Balaban J connectivity index is 1.98. The third-order valence-electron chi connectivity index (χ3n) is 4.21. The van der Waals surface area contributed by atoms with Gasteiger partial charge in [-0.25, -0.2) is 0 Å². The van der Waals surface area contributed by atoms with Crippen molar-refractivity contribution in [1.29, 1.82) is 0 Å². The van der Waals surface area contributed by atoms with E-state index >= 15 is 0 Å². The second-order valence-corrected chi connectivity index (χ2v) is 5.95. The van der Waals surface area contributed by atoms with Gasteiger partial charge in [0.05, 0.1) is 17.8 Å². The van der Waals surface area contributed by atoms with Crippen molar-refractivity contribution in [2.75, 3.05) is 0 Å². The van der Waals surface area contributed by atoms with E-state index in [4.69, 9.17) is 4.74 Å². The van der Waals surface area contributed by atoms with Gasteiger partial charge in [-0.15, -0.1) is 0 Å². The first-order valence-electron chi connectivity index (χ1n) is 6.60. The van der Waals surface area contributed by atoms with E-state index in [0.717, 1.165) is 25.7 Å². The monoisotopic (exact) mass is 236 g/mol. The van der Waals surface area contributed by atoms with E-state index in [0.29, 0.717) is 12.0 Å². The minimum Gasteiger partial charge on any atom is -0.393 e. The van der Waals surface area contributed by atoms with Gasteiger partial charge in [0.1, 0.15) is 0 Å². The molecule has 2 nitrogen and oxygen atoms in total. The van der Waals surface area contributed by atoms with Gasteiger partial charge < -0.3 is 9.84 Å². The predicted octanol–water partition coefficient (Wildman–Crippen LogP) is 3.22. The molecule has 1 saturated carbocycles. The van der Waals surface area contributed by atoms with Gasteiger partial charge in [-0.1, -0.05) is 23.8 Å². The molecule has 17 heavy (non-hydrogen) atoms. The van der Waals surface area contributed by atoms with E-state index in [1.165, 1.54) is 11.1 Å². The van der Waals surface area contributed by atoms with E-state index in [9.17, 15) is 5.11 Å². The highest BCUT2D eigenvalue weighted by Crippen LogP contribution is 2.51. The van der Waals surface area contributed by atoms with Crippen molar-refractivity contribution in [3.8, 4) is 0 Å². The summed E-state index contributed by atoms with van der Waals surface area (Å²) in [5.74, 6) is 0.335. The SMILES string of the molecule is C=C1CC[C@@H](O)C[C@@H]1[C@@]1(C)O[C@@H]1CC=C(C)C. The number of hydrogen-bond acceptors (Lipinski definition) is 2. The summed E-state index contributed by atoms with van der Waals surface area (Å²) in [6, 6.07) is 0. The summed E-state index contributed by atoms with van der Waals surface area (Å²) in [7, 11) is 0. The summed E-state index contributed by atoms with van der Waals surface area (Å²) in [5.41, 5.74) is 2.52. The van der Waals surface area contributed by atoms with Gasteiger partial charge in [-0.2, -0.15) is 0 Å². The van der Waals surface area contributed by atoms with E-state index < -0.39 is 0 Å². The molecule has 0 aromatic rings. The van der Waals surface area contributed by atoms with Crippen LogP contribution in [0.3, 0.4) is 0 Å². The predicted molar refractivity (Wildman–Crippen MR) is 69.8 cm³/mol. The van der Waals surface area contributed by atoms with Gasteiger partial charge in [0, 0.05) is 5.92 Å². The van der Waals surface area contributed by atoms with Crippen molar-refractivity contribution in [2.24, 2.45) is 5.92 Å². The third kappa shape index (κ3) is 2.63. The molecular formula is C15H24O2. The Morgan fingerprint density at radius 1 is 1.59 bits per heavy atom. The molecule has 1 N–H and O–H groups in total. The Kier molecular flexibility index (Phi) is 3.46. The molecule has 0 radical (unpaired) electrons. The van der Waals surface area contributed by atoms with Crippen LogP contribution < -0.4 is 0 Å². The molecule has 0 bridgehead atoms. The lowest BCUT2D eigenvalue weighted by molar-refractivity contribution is 0.0966. The molecule has 1 aliphatic heterocycles. The zero-order valence-electron chi connectivity index (χ0n) is 11.2. The highest BCUT2D eigenvalue weighted by Gasteiger charge is 2.57. The maximum Gasteiger partial charge on any atom is 0.0989 e. The summed E-state index contributed by atoms with van der Waals surface area (Å²) in [6.07, 6.45) is 5.99. The van der Waals surface area contributed by atoms with E-state index in [1.807, 2.05) is 0 Å². The molecular weight excluding hydrogens is 212 g/mol. The van der Waals surface area contributed by atoms with E-state index in [-0.39, 0.29) is 11.7 Å². The van der Waals surface area contributed by atoms with Gasteiger partial charge in [0.25, 0.3) is 0 Å². The Bertz CT molecular complexity index is 341. The fraction of sp³-hybridized carbons (Fsp3) is 0.733. The van der Waals surface area contributed by atoms with Crippen LogP contribution in [-0.4, -0.2) is 22.9 Å². The molecule has 0 spiro atoms. The van der Waals surface area contributed by atoms with Crippen molar-refractivity contribution in [3.05, 3.63) is 23.8 Å². The van der Waals surface area contributed by atoms with Crippen LogP contribution in [0.25, 0.3) is 0 Å². The van der Waals surface area contributed by atoms with Crippen LogP contribution in [0.4, 0.5) is 0 Å². The lowest BCUT2D eigenvalue weighted by Gasteiger charge is -2.31. The minimum atomic E-state index is -0.171. The number of epoxide rings is 1. The highest BCUT2D eigenvalue weighted by atomic mass is 16.6. The first-order valence-corrected chi connectivity index (χ1v) is 6.60. The lowest BCUT2D eigenvalue weighted by atomic mass is 9.74. The summed E-state index contributed by atoms with van der Waals surface area (Å²) < 4.78 is 5.90. The molecule has 0 aromatic heterocycles. The van der Waals surface area contributed by atoms with Crippen molar-refractivity contribution in [3.63, 3.8) is 0 Å². The second-order valence-electron chi connectivity index (χ2n) is 5.95. The topological polar surface area (TPSA) is 32.8 Å². The molecule has 96 valence electrons. The largest absolute Gasteiger partial charge is 0.393 e. The van der Waals surface area contributed by atoms with Crippen LogP contribution in [0.5, 0.6) is 0 Å². The van der Waals surface area contributed by atoms with Crippen molar-refractivity contribution in [2.45, 2.75) is 64.3 Å². The molecule has 2 aliphatic rings. The molecule has 1 heterocycles. The minimum absolute atomic E-state index is 0.0789. The molecule has 2 fully saturated rings. The third-order valence-corrected chi connectivity index (χ3v) is 4.21. The first kappa shape index (κ1) is 12.8. The standard InChI is InChI=1S/C15H24O2/c1-10(2)5-8-14-15(4,17-14)13-9-12(16)7-6-11(13)3/h5,12-14,16H,3,6-9H2,1-2,4H3/t12-,13+,14-,15-/m1/s1.